The van der Waals surface area contributed by atoms with Gasteiger partial charge in [0.1, 0.15) is 0 Å². The third-order valence-corrected chi connectivity index (χ3v) is 5.71. The fourth-order valence-electron chi connectivity index (χ4n) is 4.08. The van der Waals surface area contributed by atoms with E-state index in [1.165, 1.54) is 13.1 Å². The van der Waals surface area contributed by atoms with E-state index in [9.17, 15) is 4.79 Å². The van der Waals surface area contributed by atoms with Gasteiger partial charge in [-0.25, -0.2) is 0 Å². The van der Waals surface area contributed by atoms with Gasteiger partial charge < -0.3 is 24.8 Å². The van der Waals surface area contributed by atoms with Gasteiger partial charge in [0.15, 0.2) is 5.96 Å². The van der Waals surface area contributed by atoms with Crippen molar-refractivity contribution in [2.75, 3.05) is 72.1 Å². The van der Waals surface area contributed by atoms with Gasteiger partial charge in [-0.15, -0.1) is 0 Å². The van der Waals surface area contributed by atoms with Crippen LogP contribution in [0.15, 0.2) is 4.99 Å². The van der Waals surface area contributed by atoms with Crippen molar-refractivity contribution in [3.05, 3.63) is 0 Å². The van der Waals surface area contributed by atoms with Gasteiger partial charge in [-0.1, -0.05) is 13.8 Å². The van der Waals surface area contributed by atoms with Crippen molar-refractivity contribution in [2.45, 2.75) is 40.5 Å². The van der Waals surface area contributed by atoms with Crippen molar-refractivity contribution in [1.82, 2.24) is 20.0 Å². The maximum absolute atomic E-state index is 12.1. The van der Waals surface area contributed by atoms with Gasteiger partial charge in [-0.05, 0) is 39.2 Å². The van der Waals surface area contributed by atoms with Crippen molar-refractivity contribution in [2.24, 2.45) is 16.8 Å². The van der Waals surface area contributed by atoms with Crippen LogP contribution in [0.1, 0.15) is 40.5 Å². The van der Waals surface area contributed by atoms with Crippen molar-refractivity contribution in [3.8, 4) is 0 Å². The van der Waals surface area contributed by atoms with Gasteiger partial charge in [0.05, 0.1) is 12.5 Å². The molecule has 2 aliphatic rings. The lowest BCUT2D eigenvalue weighted by Crippen LogP contribution is -2.49. The average Bonchev–Trinajstić information content (AvgIpc) is 2.72. The molecule has 0 aliphatic carbocycles. The number of piperidine rings is 1. The number of guanidine groups is 1. The van der Waals surface area contributed by atoms with E-state index in [1.54, 1.807) is 0 Å². The van der Waals surface area contributed by atoms with Crippen molar-refractivity contribution in [3.63, 3.8) is 0 Å². The maximum atomic E-state index is 12.1. The van der Waals surface area contributed by atoms with Crippen molar-refractivity contribution < 1.29 is 9.53 Å². The number of carbonyl (C=O) groups excluding carboxylic acids is 1. The number of hydrogen-bond donors (Lipinski definition) is 1. The number of nitrogens with zero attached hydrogens (tertiary/aromatic N) is 4. The lowest BCUT2D eigenvalue weighted by atomic mass is 9.98. The summed E-state index contributed by atoms with van der Waals surface area (Å²) in [7, 11) is 0. The molecule has 0 aromatic rings. The van der Waals surface area contributed by atoms with E-state index in [0.29, 0.717) is 19.1 Å². The summed E-state index contributed by atoms with van der Waals surface area (Å²) in [6.45, 7) is 19.2. The molecule has 7 nitrogen and oxygen atoms in total. The molecule has 0 bridgehead atoms. The Hall–Kier alpha value is -1.34. The molecule has 2 saturated heterocycles. The third kappa shape index (κ3) is 7.24. The molecule has 2 aliphatic heterocycles. The van der Waals surface area contributed by atoms with E-state index in [-0.39, 0.29) is 11.9 Å². The standard InChI is InChI=1S/C21H41N5O2/c1-5-22-21(26-10-8-9-19(17-26)20(27)28-7-3)23-15-18(4)16-25-13-11-24(6-2)12-14-25/h18-19H,5-17H2,1-4H3,(H,22,23). The Morgan fingerprint density at radius 3 is 2.50 bits per heavy atom. The molecule has 2 unspecified atom stereocenters. The third-order valence-electron chi connectivity index (χ3n) is 5.71. The van der Waals surface area contributed by atoms with Gasteiger partial charge >= 0.3 is 5.97 Å². The van der Waals surface area contributed by atoms with Crippen LogP contribution in [0, 0.1) is 11.8 Å². The Morgan fingerprint density at radius 1 is 1.14 bits per heavy atom. The maximum Gasteiger partial charge on any atom is 0.310 e. The molecule has 28 heavy (non-hydrogen) atoms. The Kier molecular flexibility index (Phi) is 10.1. The first-order valence-corrected chi connectivity index (χ1v) is 11.2. The minimum Gasteiger partial charge on any atom is -0.466 e. The largest absolute Gasteiger partial charge is 0.466 e. The van der Waals surface area contributed by atoms with Crippen LogP contribution in [0.4, 0.5) is 0 Å². The van der Waals surface area contributed by atoms with Crippen molar-refractivity contribution >= 4 is 11.9 Å². The van der Waals surface area contributed by atoms with Crippen molar-refractivity contribution in [1.29, 1.82) is 0 Å². The number of nitrogens with one attached hydrogen (secondary N) is 1. The molecule has 0 radical (unpaired) electrons. The van der Waals surface area contributed by atoms with Crippen LogP contribution < -0.4 is 5.32 Å². The normalized spacial score (nSPS) is 23.5. The Bertz CT molecular complexity index is 491. The molecule has 2 atom stereocenters. The molecule has 0 aromatic heterocycles. The minimum atomic E-state index is -0.0670. The fraction of sp³-hybridized carbons (Fsp3) is 0.905. The molecular weight excluding hydrogens is 354 g/mol. The molecule has 1 N–H and O–H groups in total. The SMILES string of the molecule is CCNC(=NCC(C)CN1CCN(CC)CC1)N1CCCC(C(=O)OCC)C1. The second-order valence-electron chi connectivity index (χ2n) is 8.07. The van der Waals surface area contributed by atoms with Gasteiger partial charge in [-0.3, -0.25) is 9.79 Å². The van der Waals surface area contributed by atoms with Crippen LogP contribution in [0.25, 0.3) is 0 Å². The van der Waals surface area contributed by atoms with Crippen LogP contribution in [-0.4, -0.2) is 98.7 Å². The van der Waals surface area contributed by atoms with Gasteiger partial charge in [-0.2, -0.15) is 0 Å². The smallest absolute Gasteiger partial charge is 0.310 e. The van der Waals surface area contributed by atoms with Gasteiger partial charge in [0.25, 0.3) is 0 Å². The first kappa shape index (κ1) is 22.9. The number of esters is 1. The molecule has 162 valence electrons. The summed E-state index contributed by atoms with van der Waals surface area (Å²) in [4.78, 5) is 24.4. The first-order valence-electron chi connectivity index (χ1n) is 11.2. The fourth-order valence-corrected chi connectivity index (χ4v) is 4.08. The summed E-state index contributed by atoms with van der Waals surface area (Å²) in [6.07, 6.45) is 1.92. The molecule has 7 heteroatoms. The highest BCUT2D eigenvalue weighted by Crippen LogP contribution is 2.18. The summed E-state index contributed by atoms with van der Waals surface area (Å²) in [5, 5.41) is 3.42. The second kappa shape index (κ2) is 12.3. The van der Waals surface area contributed by atoms with Crippen LogP contribution in [-0.2, 0) is 9.53 Å². The molecule has 0 aromatic carbocycles. The number of likely N-dealkylation sites (tertiary alicyclic amines) is 1. The van der Waals surface area contributed by atoms with Crippen LogP contribution >= 0.6 is 0 Å². The number of hydrogen-bond acceptors (Lipinski definition) is 5. The van der Waals surface area contributed by atoms with Crippen LogP contribution in [0.3, 0.4) is 0 Å². The molecule has 0 amide bonds. The lowest BCUT2D eigenvalue weighted by Gasteiger charge is -2.35. The summed E-state index contributed by atoms with van der Waals surface area (Å²) in [5.41, 5.74) is 0. The number of ether oxygens (including phenoxy) is 1. The predicted molar refractivity (Wildman–Crippen MR) is 115 cm³/mol. The summed E-state index contributed by atoms with van der Waals surface area (Å²) in [6, 6.07) is 0. The summed E-state index contributed by atoms with van der Waals surface area (Å²) < 4.78 is 5.23. The summed E-state index contributed by atoms with van der Waals surface area (Å²) >= 11 is 0. The average molecular weight is 396 g/mol. The monoisotopic (exact) mass is 395 g/mol. The topological polar surface area (TPSA) is 60.4 Å². The van der Waals surface area contributed by atoms with Crippen LogP contribution in [0.5, 0.6) is 0 Å². The lowest BCUT2D eigenvalue weighted by molar-refractivity contribution is -0.149. The number of rotatable bonds is 8. The second-order valence-corrected chi connectivity index (χ2v) is 8.07. The van der Waals surface area contributed by atoms with Gasteiger partial charge in [0, 0.05) is 58.9 Å². The highest BCUT2D eigenvalue weighted by molar-refractivity contribution is 5.81. The molecule has 2 heterocycles. The number of piperazine rings is 1. The molecule has 2 rings (SSSR count). The van der Waals surface area contributed by atoms with Gasteiger partial charge in [0.2, 0.25) is 0 Å². The zero-order valence-electron chi connectivity index (χ0n) is 18.5. The molecule has 0 spiro atoms. The summed E-state index contributed by atoms with van der Waals surface area (Å²) in [5.74, 6) is 1.36. The Balaban J connectivity index is 1.86. The number of likely N-dealkylation sites (N-methyl/N-ethyl adjacent to an activating group) is 1. The molecule has 0 saturated carbocycles. The highest BCUT2D eigenvalue weighted by Gasteiger charge is 2.28. The Labute approximate surface area is 171 Å². The minimum absolute atomic E-state index is 0.0372. The quantitative estimate of drug-likeness (QED) is 0.382. The van der Waals surface area contributed by atoms with E-state index in [1.807, 2.05) is 6.92 Å². The van der Waals surface area contributed by atoms with Crippen LogP contribution in [0.2, 0.25) is 0 Å². The van der Waals surface area contributed by atoms with E-state index in [0.717, 1.165) is 64.6 Å². The van der Waals surface area contributed by atoms with E-state index in [2.05, 4.69) is 40.8 Å². The highest BCUT2D eigenvalue weighted by atomic mass is 16.5. The molecule has 2 fully saturated rings. The zero-order chi connectivity index (χ0) is 20.4. The molecular formula is C21H41N5O2. The first-order chi connectivity index (χ1) is 13.6. The zero-order valence-corrected chi connectivity index (χ0v) is 18.5. The number of carbonyl (C=O) groups is 1. The van der Waals surface area contributed by atoms with E-state index in [4.69, 9.17) is 9.73 Å². The van der Waals surface area contributed by atoms with E-state index < -0.39 is 0 Å². The predicted octanol–water partition coefficient (Wildman–Crippen LogP) is 1.50. The van der Waals surface area contributed by atoms with E-state index >= 15 is 0 Å². The Morgan fingerprint density at radius 2 is 1.86 bits per heavy atom. The number of aliphatic imine (C=N–C) groups is 1.